The average molecular weight is 334 g/mol. The minimum Gasteiger partial charge on any atom is -0.479 e. The van der Waals surface area contributed by atoms with Crippen molar-refractivity contribution in [2.75, 3.05) is 11.5 Å². The number of aromatic nitrogens is 1. The summed E-state index contributed by atoms with van der Waals surface area (Å²) in [4.78, 5) is 28.5. The molecule has 22 heavy (non-hydrogen) atoms. The summed E-state index contributed by atoms with van der Waals surface area (Å²) in [6, 6.07) is 9.58. The number of nitrogens with zero attached hydrogens (tertiary/aromatic N) is 1. The van der Waals surface area contributed by atoms with Gasteiger partial charge in [0, 0.05) is 11.3 Å². The molecule has 2 N–H and O–H groups in total. The van der Waals surface area contributed by atoms with Crippen molar-refractivity contribution in [2.24, 2.45) is 0 Å². The van der Waals surface area contributed by atoms with Crippen LogP contribution in [0, 0.1) is 0 Å². The van der Waals surface area contributed by atoms with Crippen LogP contribution in [-0.2, 0) is 4.79 Å². The Morgan fingerprint density at radius 3 is 2.68 bits per heavy atom. The van der Waals surface area contributed by atoms with Gasteiger partial charge < -0.3 is 10.4 Å². The fraction of sp³-hybridized carbons (Fsp3) is 0.267. The molecule has 0 aliphatic carbocycles. The number of carboxylic acid groups (broad SMARTS) is 1. The van der Waals surface area contributed by atoms with Gasteiger partial charge in [0.15, 0.2) is 0 Å². The summed E-state index contributed by atoms with van der Waals surface area (Å²) in [5.74, 6) is -0.202. The van der Waals surface area contributed by atoms with Crippen molar-refractivity contribution in [3.63, 3.8) is 0 Å². The lowest BCUT2D eigenvalue weighted by atomic mass is 9.99. The zero-order chi connectivity index (χ0) is 15.6. The summed E-state index contributed by atoms with van der Waals surface area (Å²) in [7, 11) is 0. The predicted molar refractivity (Wildman–Crippen MR) is 87.3 cm³/mol. The Balaban J connectivity index is 1.79. The topological polar surface area (TPSA) is 79.3 Å². The van der Waals surface area contributed by atoms with E-state index in [2.05, 4.69) is 10.3 Å². The van der Waals surface area contributed by atoms with E-state index >= 15 is 0 Å². The van der Waals surface area contributed by atoms with Gasteiger partial charge in [0.1, 0.15) is 15.4 Å². The molecule has 1 fully saturated rings. The summed E-state index contributed by atoms with van der Waals surface area (Å²) in [6.45, 7) is 0. The molecule has 7 heteroatoms. The normalized spacial score (nSPS) is 20.7. The van der Waals surface area contributed by atoms with Crippen LogP contribution >= 0.6 is 23.1 Å². The number of thiazole rings is 1. The molecule has 1 amide bonds. The third-order valence-corrected chi connectivity index (χ3v) is 5.77. The van der Waals surface area contributed by atoms with Gasteiger partial charge in [-0.25, -0.2) is 9.78 Å². The molecule has 2 heterocycles. The molecule has 0 spiro atoms. The van der Waals surface area contributed by atoms with Crippen LogP contribution in [0.3, 0.4) is 0 Å². The van der Waals surface area contributed by atoms with Crippen LogP contribution in [0.4, 0.5) is 0 Å². The SMILES string of the molecule is O=C(NC1(C(=O)O)CCSC1)c1cnc(-c2ccccc2)s1. The van der Waals surface area contributed by atoms with E-state index in [9.17, 15) is 14.7 Å². The second-order valence-corrected chi connectivity index (χ2v) is 7.18. The third kappa shape index (κ3) is 2.86. The molecular formula is C15H14N2O3S2. The quantitative estimate of drug-likeness (QED) is 0.898. The molecule has 1 aromatic carbocycles. The van der Waals surface area contributed by atoms with E-state index in [1.807, 2.05) is 30.3 Å². The van der Waals surface area contributed by atoms with Crippen molar-refractivity contribution in [1.82, 2.24) is 10.3 Å². The van der Waals surface area contributed by atoms with Crippen molar-refractivity contribution in [1.29, 1.82) is 0 Å². The van der Waals surface area contributed by atoms with Crippen LogP contribution in [-0.4, -0.2) is 39.0 Å². The lowest BCUT2D eigenvalue weighted by molar-refractivity contribution is -0.143. The maximum absolute atomic E-state index is 12.3. The highest BCUT2D eigenvalue weighted by Crippen LogP contribution is 2.30. The van der Waals surface area contributed by atoms with Crippen molar-refractivity contribution in [3.8, 4) is 10.6 Å². The molecule has 3 rings (SSSR count). The van der Waals surface area contributed by atoms with Crippen LogP contribution in [0.15, 0.2) is 36.5 Å². The Hall–Kier alpha value is -1.86. The van der Waals surface area contributed by atoms with Gasteiger partial charge in [0.05, 0.1) is 6.20 Å². The summed E-state index contributed by atoms with van der Waals surface area (Å²) in [5, 5.41) is 12.8. The molecule has 1 aromatic heterocycles. The van der Waals surface area contributed by atoms with E-state index in [0.717, 1.165) is 16.3 Å². The second-order valence-electron chi connectivity index (χ2n) is 5.04. The number of carbonyl (C=O) groups excluding carboxylic acids is 1. The molecule has 2 aromatic rings. The first kappa shape index (κ1) is 15.1. The van der Waals surface area contributed by atoms with Gasteiger partial charge in [-0.3, -0.25) is 4.79 Å². The molecule has 1 atom stereocenters. The first-order valence-corrected chi connectivity index (χ1v) is 8.73. The number of aliphatic carboxylic acids is 1. The Kier molecular flexibility index (Phi) is 4.17. The lowest BCUT2D eigenvalue weighted by Gasteiger charge is -2.23. The minimum atomic E-state index is -1.15. The number of hydrogen-bond donors (Lipinski definition) is 2. The molecule has 1 saturated heterocycles. The van der Waals surface area contributed by atoms with Gasteiger partial charge in [-0.05, 0) is 12.2 Å². The fourth-order valence-electron chi connectivity index (χ4n) is 2.26. The van der Waals surface area contributed by atoms with Crippen LogP contribution in [0.1, 0.15) is 16.1 Å². The predicted octanol–water partition coefficient (Wildman–Crippen LogP) is 2.50. The zero-order valence-electron chi connectivity index (χ0n) is 11.6. The number of benzene rings is 1. The number of nitrogens with one attached hydrogen (secondary N) is 1. The standard InChI is InChI=1S/C15H14N2O3S2/c18-12(17-15(14(19)20)6-7-21-9-15)11-8-16-13(22-11)10-4-2-1-3-5-10/h1-5,8H,6-7,9H2,(H,17,18)(H,19,20). The molecule has 1 aliphatic heterocycles. The van der Waals surface area contributed by atoms with Gasteiger partial charge in [0.2, 0.25) is 0 Å². The maximum atomic E-state index is 12.3. The highest BCUT2D eigenvalue weighted by molar-refractivity contribution is 7.99. The minimum absolute atomic E-state index is 0.371. The van der Waals surface area contributed by atoms with E-state index in [1.165, 1.54) is 17.5 Å². The van der Waals surface area contributed by atoms with E-state index in [-0.39, 0.29) is 5.91 Å². The summed E-state index contributed by atoms with van der Waals surface area (Å²) in [6.07, 6.45) is 1.95. The maximum Gasteiger partial charge on any atom is 0.330 e. The number of amides is 1. The van der Waals surface area contributed by atoms with Crippen LogP contribution in [0.25, 0.3) is 10.6 Å². The number of carbonyl (C=O) groups is 2. The van der Waals surface area contributed by atoms with Gasteiger partial charge in [0.25, 0.3) is 5.91 Å². The Morgan fingerprint density at radius 1 is 1.27 bits per heavy atom. The first-order chi connectivity index (χ1) is 10.6. The monoisotopic (exact) mass is 334 g/mol. The fourth-order valence-corrected chi connectivity index (χ4v) is 4.40. The van der Waals surface area contributed by atoms with Gasteiger partial charge in [-0.2, -0.15) is 11.8 Å². The van der Waals surface area contributed by atoms with E-state index in [0.29, 0.717) is 17.1 Å². The number of hydrogen-bond acceptors (Lipinski definition) is 5. The number of thioether (sulfide) groups is 1. The van der Waals surface area contributed by atoms with Crippen LogP contribution in [0.5, 0.6) is 0 Å². The molecule has 5 nitrogen and oxygen atoms in total. The number of rotatable bonds is 4. The highest BCUT2D eigenvalue weighted by Gasteiger charge is 2.43. The van der Waals surface area contributed by atoms with Crippen molar-refractivity contribution < 1.29 is 14.7 Å². The van der Waals surface area contributed by atoms with Crippen LogP contribution in [0.2, 0.25) is 0 Å². The first-order valence-electron chi connectivity index (χ1n) is 6.76. The Bertz CT molecular complexity index is 694. The van der Waals surface area contributed by atoms with Crippen molar-refractivity contribution in [2.45, 2.75) is 12.0 Å². The zero-order valence-corrected chi connectivity index (χ0v) is 13.2. The Morgan fingerprint density at radius 2 is 2.05 bits per heavy atom. The summed E-state index contributed by atoms with van der Waals surface area (Å²) >= 11 is 2.81. The van der Waals surface area contributed by atoms with Crippen molar-refractivity contribution >= 4 is 35.0 Å². The van der Waals surface area contributed by atoms with Crippen LogP contribution < -0.4 is 5.32 Å². The lowest BCUT2D eigenvalue weighted by Crippen LogP contribution is -2.54. The van der Waals surface area contributed by atoms with Crippen molar-refractivity contribution in [3.05, 3.63) is 41.4 Å². The Labute approximate surface area is 135 Å². The summed E-state index contributed by atoms with van der Waals surface area (Å²) in [5.41, 5.74) is -0.213. The summed E-state index contributed by atoms with van der Waals surface area (Å²) < 4.78 is 0. The molecule has 0 radical (unpaired) electrons. The van der Waals surface area contributed by atoms with E-state index in [4.69, 9.17) is 0 Å². The van der Waals surface area contributed by atoms with E-state index < -0.39 is 11.5 Å². The molecule has 114 valence electrons. The van der Waals surface area contributed by atoms with E-state index in [1.54, 1.807) is 11.8 Å². The molecule has 0 saturated carbocycles. The molecule has 1 unspecified atom stereocenters. The number of carboxylic acids is 1. The second kappa shape index (κ2) is 6.10. The highest BCUT2D eigenvalue weighted by atomic mass is 32.2. The van der Waals surface area contributed by atoms with Gasteiger partial charge in [-0.1, -0.05) is 30.3 Å². The van der Waals surface area contributed by atoms with Gasteiger partial charge >= 0.3 is 5.97 Å². The largest absolute Gasteiger partial charge is 0.479 e. The van der Waals surface area contributed by atoms with Gasteiger partial charge in [-0.15, -0.1) is 11.3 Å². The molecule has 0 bridgehead atoms. The average Bonchev–Trinajstić information content (AvgIpc) is 3.18. The smallest absolute Gasteiger partial charge is 0.330 e. The third-order valence-electron chi connectivity index (χ3n) is 3.53. The molecule has 1 aliphatic rings. The molecular weight excluding hydrogens is 320 g/mol.